The van der Waals surface area contributed by atoms with Gasteiger partial charge in [-0.05, 0) is 49.7 Å². The zero-order chi connectivity index (χ0) is 14.9. The Labute approximate surface area is 130 Å². The molecule has 2 aromatic rings. The number of hydrogen-bond acceptors (Lipinski definition) is 2. The first-order chi connectivity index (χ1) is 9.38. The predicted molar refractivity (Wildman–Crippen MR) is 81.0 cm³/mol. The van der Waals surface area contributed by atoms with Crippen LogP contribution in [0.2, 0.25) is 5.02 Å². The van der Waals surface area contributed by atoms with E-state index in [0.717, 1.165) is 4.47 Å². The van der Waals surface area contributed by atoms with E-state index >= 15 is 0 Å². The molecule has 0 spiro atoms. The average Bonchev–Trinajstić information content (AvgIpc) is 2.37. The number of hydrogen-bond donors (Lipinski definition) is 1. The molecule has 2 aromatic carbocycles. The summed E-state index contributed by atoms with van der Waals surface area (Å²) in [6.45, 7) is 3.19. The molecule has 0 aliphatic heterocycles. The summed E-state index contributed by atoms with van der Waals surface area (Å²) in [5.41, 5.74) is 0.819. The van der Waals surface area contributed by atoms with Crippen LogP contribution in [0.15, 0.2) is 34.8 Å². The molecule has 1 unspecified atom stereocenters. The van der Waals surface area contributed by atoms with Gasteiger partial charge in [0.25, 0.3) is 0 Å². The first-order valence-corrected chi connectivity index (χ1v) is 7.16. The lowest BCUT2D eigenvalue weighted by atomic mass is 10.1. The predicted octanol–water partition coefficient (Wildman–Crippen LogP) is 5.40. The van der Waals surface area contributed by atoms with Crippen LogP contribution in [0.4, 0.5) is 4.39 Å². The van der Waals surface area contributed by atoms with E-state index in [9.17, 15) is 9.50 Å². The molecule has 0 aromatic heterocycles. The number of aryl methyl sites for hydroxylation is 1. The molecule has 2 nitrogen and oxygen atoms in total. The highest BCUT2D eigenvalue weighted by molar-refractivity contribution is 9.10. The fourth-order valence-electron chi connectivity index (χ4n) is 1.76. The van der Waals surface area contributed by atoms with Crippen LogP contribution >= 0.6 is 27.5 Å². The summed E-state index contributed by atoms with van der Waals surface area (Å²) in [7, 11) is 0. The Morgan fingerprint density at radius 2 is 1.95 bits per heavy atom. The van der Waals surface area contributed by atoms with Gasteiger partial charge in [0.15, 0.2) is 0 Å². The van der Waals surface area contributed by atoms with Crippen molar-refractivity contribution in [3.8, 4) is 11.5 Å². The molecule has 0 bridgehead atoms. The maximum atomic E-state index is 13.6. The van der Waals surface area contributed by atoms with Crippen molar-refractivity contribution in [2.24, 2.45) is 0 Å². The molecule has 5 heteroatoms. The molecule has 106 valence electrons. The molecule has 2 rings (SSSR count). The van der Waals surface area contributed by atoms with Gasteiger partial charge in [0.05, 0.1) is 11.1 Å². The van der Waals surface area contributed by atoms with Crippen molar-refractivity contribution >= 4 is 27.5 Å². The van der Waals surface area contributed by atoms with Crippen LogP contribution in [0.25, 0.3) is 0 Å². The Hall–Kier alpha value is -1.10. The second-order valence-corrected chi connectivity index (χ2v) is 5.81. The largest absolute Gasteiger partial charge is 0.455 e. The molecule has 20 heavy (non-hydrogen) atoms. The molecule has 0 amide bonds. The number of ether oxygens (including phenoxy) is 1. The lowest BCUT2D eigenvalue weighted by molar-refractivity contribution is 0.195. The van der Waals surface area contributed by atoms with Gasteiger partial charge in [-0.25, -0.2) is 4.39 Å². The van der Waals surface area contributed by atoms with Crippen LogP contribution in [0.5, 0.6) is 11.5 Å². The summed E-state index contributed by atoms with van der Waals surface area (Å²) in [6.07, 6.45) is -0.842. The highest BCUT2D eigenvalue weighted by atomic mass is 79.9. The molecule has 0 saturated heterocycles. The van der Waals surface area contributed by atoms with E-state index in [0.29, 0.717) is 27.6 Å². The maximum Gasteiger partial charge on any atom is 0.147 e. The summed E-state index contributed by atoms with van der Waals surface area (Å²) < 4.78 is 20.1. The van der Waals surface area contributed by atoms with Crippen LogP contribution in [0.3, 0.4) is 0 Å². The van der Waals surface area contributed by atoms with Gasteiger partial charge in [0.1, 0.15) is 17.3 Å². The van der Waals surface area contributed by atoms with E-state index in [1.54, 1.807) is 38.1 Å². The molecule has 1 atom stereocenters. The van der Waals surface area contributed by atoms with Crippen molar-refractivity contribution in [1.29, 1.82) is 0 Å². The van der Waals surface area contributed by atoms with E-state index in [-0.39, 0.29) is 5.82 Å². The maximum absolute atomic E-state index is 13.6. The Morgan fingerprint density at radius 3 is 2.60 bits per heavy atom. The summed E-state index contributed by atoms with van der Waals surface area (Å²) in [6, 6.07) is 8.03. The first-order valence-electron chi connectivity index (χ1n) is 5.99. The molecule has 0 saturated carbocycles. The number of benzene rings is 2. The molecular formula is C15H13BrClFO2. The number of aliphatic hydroxyl groups excluding tert-OH is 1. The van der Waals surface area contributed by atoms with E-state index in [2.05, 4.69) is 15.9 Å². The van der Waals surface area contributed by atoms with Gasteiger partial charge in [0.2, 0.25) is 0 Å². The van der Waals surface area contributed by atoms with Crippen molar-refractivity contribution in [2.75, 3.05) is 0 Å². The topological polar surface area (TPSA) is 29.5 Å². The molecular weight excluding hydrogens is 347 g/mol. The van der Waals surface area contributed by atoms with Crippen molar-refractivity contribution in [2.45, 2.75) is 20.0 Å². The van der Waals surface area contributed by atoms with E-state index in [1.807, 2.05) is 0 Å². The standard InChI is InChI=1S/C15H13BrClFO2/c1-8-5-14(11(9(2)19)7-13(8)18)20-15-6-10(16)3-4-12(15)17/h3-7,9,19H,1-2H3. The van der Waals surface area contributed by atoms with Gasteiger partial charge >= 0.3 is 0 Å². The zero-order valence-electron chi connectivity index (χ0n) is 11.0. The van der Waals surface area contributed by atoms with Gasteiger partial charge in [-0.3, -0.25) is 0 Å². The molecule has 0 aliphatic rings. The lowest BCUT2D eigenvalue weighted by Gasteiger charge is -2.15. The second kappa shape index (κ2) is 6.12. The summed E-state index contributed by atoms with van der Waals surface area (Å²) in [5.74, 6) is 0.446. The van der Waals surface area contributed by atoms with Crippen LogP contribution < -0.4 is 4.74 Å². The fraction of sp³-hybridized carbons (Fsp3) is 0.200. The van der Waals surface area contributed by atoms with Crippen LogP contribution in [-0.2, 0) is 0 Å². The van der Waals surface area contributed by atoms with Crippen LogP contribution in [-0.4, -0.2) is 5.11 Å². The Kier molecular flexibility index (Phi) is 4.68. The van der Waals surface area contributed by atoms with Gasteiger partial charge in [-0.15, -0.1) is 0 Å². The van der Waals surface area contributed by atoms with Crippen LogP contribution in [0, 0.1) is 12.7 Å². The second-order valence-electron chi connectivity index (χ2n) is 4.49. The third-order valence-electron chi connectivity index (χ3n) is 2.85. The lowest BCUT2D eigenvalue weighted by Crippen LogP contribution is -1.99. The van der Waals surface area contributed by atoms with Gasteiger partial charge < -0.3 is 9.84 Å². The number of halogens is 3. The third-order valence-corrected chi connectivity index (χ3v) is 3.66. The Morgan fingerprint density at radius 1 is 1.25 bits per heavy atom. The van der Waals surface area contributed by atoms with E-state index in [4.69, 9.17) is 16.3 Å². The van der Waals surface area contributed by atoms with Gasteiger partial charge in [0, 0.05) is 10.0 Å². The smallest absolute Gasteiger partial charge is 0.147 e. The quantitative estimate of drug-likeness (QED) is 0.795. The minimum Gasteiger partial charge on any atom is -0.455 e. The molecule has 0 fully saturated rings. The normalized spacial score (nSPS) is 12.3. The van der Waals surface area contributed by atoms with Gasteiger partial charge in [-0.1, -0.05) is 27.5 Å². The first kappa shape index (κ1) is 15.3. The van der Waals surface area contributed by atoms with Crippen LogP contribution in [0.1, 0.15) is 24.2 Å². The van der Waals surface area contributed by atoms with Gasteiger partial charge in [-0.2, -0.15) is 0 Å². The summed E-state index contributed by atoms with van der Waals surface area (Å²) in [4.78, 5) is 0. The zero-order valence-corrected chi connectivity index (χ0v) is 13.3. The fourth-order valence-corrected chi connectivity index (χ4v) is 2.26. The minimum atomic E-state index is -0.842. The average molecular weight is 360 g/mol. The monoisotopic (exact) mass is 358 g/mol. The molecule has 0 aliphatic carbocycles. The summed E-state index contributed by atoms with van der Waals surface area (Å²) >= 11 is 9.40. The Balaban J connectivity index is 2.47. The highest BCUT2D eigenvalue weighted by Crippen LogP contribution is 2.36. The van der Waals surface area contributed by atoms with Crippen molar-refractivity contribution in [3.63, 3.8) is 0 Å². The summed E-state index contributed by atoms with van der Waals surface area (Å²) in [5, 5.41) is 10.2. The molecule has 0 radical (unpaired) electrons. The van der Waals surface area contributed by atoms with Crippen molar-refractivity contribution < 1.29 is 14.2 Å². The Bertz CT molecular complexity index is 644. The number of rotatable bonds is 3. The number of aliphatic hydroxyl groups is 1. The molecule has 1 N–H and O–H groups in total. The highest BCUT2D eigenvalue weighted by Gasteiger charge is 2.15. The SMILES string of the molecule is Cc1cc(Oc2cc(Br)ccc2Cl)c(C(C)O)cc1F. The van der Waals surface area contributed by atoms with Crippen molar-refractivity contribution in [1.82, 2.24) is 0 Å². The van der Waals surface area contributed by atoms with E-state index < -0.39 is 6.10 Å². The van der Waals surface area contributed by atoms with E-state index in [1.165, 1.54) is 6.07 Å². The molecule has 0 heterocycles. The third kappa shape index (κ3) is 3.32. The minimum absolute atomic E-state index is 0.379. The van der Waals surface area contributed by atoms with Crippen molar-refractivity contribution in [3.05, 3.63) is 56.8 Å².